The summed E-state index contributed by atoms with van der Waals surface area (Å²) in [6, 6.07) is 0.446. The van der Waals surface area contributed by atoms with Gasteiger partial charge in [-0.25, -0.2) is 0 Å². The van der Waals surface area contributed by atoms with Crippen LogP contribution in [0.4, 0.5) is 0 Å². The number of hydrogen-bond donors (Lipinski definition) is 0. The van der Waals surface area contributed by atoms with E-state index in [0.717, 1.165) is 5.92 Å². The maximum absolute atomic E-state index is 6.14. The van der Waals surface area contributed by atoms with Crippen molar-refractivity contribution in [3.8, 4) is 0 Å². The predicted molar refractivity (Wildman–Crippen MR) is 63.3 cm³/mol. The monoisotopic (exact) mass is 239 g/mol. The number of rotatable bonds is 1. The molecule has 0 saturated heterocycles. The van der Waals surface area contributed by atoms with Gasteiger partial charge in [-0.3, -0.25) is 0 Å². The van der Waals surface area contributed by atoms with Crippen molar-refractivity contribution in [2.24, 2.45) is 16.7 Å². The Bertz CT molecular complexity index is 421. The molecular weight excluding hydrogens is 222 g/mol. The molecule has 16 heavy (non-hydrogen) atoms. The second kappa shape index (κ2) is 3.00. The van der Waals surface area contributed by atoms with E-state index in [2.05, 4.69) is 35.5 Å². The van der Waals surface area contributed by atoms with Crippen LogP contribution in [0.3, 0.4) is 0 Å². The van der Waals surface area contributed by atoms with E-state index in [-0.39, 0.29) is 0 Å². The molecule has 2 aliphatic rings. The SMILES string of the molecule is CC12CCC(C1)C(C)(C)C2n1cnnc1Cl. The lowest BCUT2D eigenvalue weighted by Crippen LogP contribution is -2.37. The van der Waals surface area contributed by atoms with Crippen molar-refractivity contribution >= 4 is 11.6 Å². The van der Waals surface area contributed by atoms with Gasteiger partial charge in [-0.15, -0.1) is 10.2 Å². The Morgan fingerprint density at radius 3 is 2.69 bits per heavy atom. The first-order valence-corrected chi connectivity index (χ1v) is 6.38. The molecule has 3 atom stereocenters. The van der Waals surface area contributed by atoms with Gasteiger partial charge in [-0.1, -0.05) is 20.8 Å². The Balaban J connectivity index is 2.10. The van der Waals surface area contributed by atoms with Crippen molar-refractivity contribution in [1.29, 1.82) is 0 Å². The van der Waals surface area contributed by atoms with Crippen LogP contribution in [-0.2, 0) is 0 Å². The third kappa shape index (κ3) is 1.15. The third-order valence-corrected chi connectivity index (χ3v) is 5.27. The van der Waals surface area contributed by atoms with Crippen molar-refractivity contribution in [3.63, 3.8) is 0 Å². The molecule has 2 saturated carbocycles. The number of hydrogen-bond acceptors (Lipinski definition) is 2. The van der Waals surface area contributed by atoms with Crippen molar-refractivity contribution in [3.05, 3.63) is 11.6 Å². The molecule has 1 heterocycles. The normalized spacial score (nSPS) is 40.5. The molecule has 0 aromatic carbocycles. The van der Waals surface area contributed by atoms with Crippen LogP contribution in [0.15, 0.2) is 6.33 Å². The zero-order chi connectivity index (χ0) is 11.6. The van der Waals surface area contributed by atoms with Gasteiger partial charge >= 0.3 is 0 Å². The zero-order valence-corrected chi connectivity index (χ0v) is 10.8. The van der Waals surface area contributed by atoms with Gasteiger partial charge < -0.3 is 4.57 Å². The van der Waals surface area contributed by atoms with Crippen LogP contribution < -0.4 is 0 Å². The molecule has 88 valence electrons. The molecule has 2 bridgehead atoms. The van der Waals surface area contributed by atoms with E-state index in [1.54, 1.807) is 6.33 Å². The molecular formula is C12H18ClN3. The maximum Gasteiger partial charge on any atom is 0.225 e. The third-order valence-electron chi connectivity index (χ3n) is 5.00. The molecule has 2 aliphatic carbocycles. The van der Waals surface area contributed by atoms with Gasteiger partial charge in [0.15, 0.2) is 0 Å². The minimum atomic E-state index is 0.305. The van der Waals surface area contributed by atoms with E-state index in [4.69, 9.17) is 11.6 Å². The Hall–Kier alpha value is -0.570. The lowest BCUT2D eigenvalue weighted by Gasteiger charge is -2.43. The van der Waals surface area contributed by atoms with E-state index in [9.17, 15) is 0 Å². The van der Waals surface area contributed by atoms with Crippen LogP contribution in [0.2, 0.25) is 5.28 Å². The first-order chi connectivity index (χ1) is 7.45. The van der Waals surface area contributed by atoms with Crippen molar-refractivity contribution in [1.82, 2.24) is 14.8 Å². The molecule has 3 unspecified atom stereocenters. The second-order valence-electron chi connectivity index (χ2n) is 6.32. The predicted octanol–water partition coefficient (Wildman–Crippen LogP) is 3.32. The van der Waals surface area contributed by atoms with Crippen LogP contribution in [0, 0.1) is 16.7 Å². The average molecular weight is 240 g/mol. The summed E-state index contributed by atoms with van der Waals surface area (Å²) in [6.07, 6.45) is 5.78. The molecule has 4 heteroatoms. The Morgan fingerprint density at radius 1 is 1.44 bits per heavy atom. The first-order valence-electron chi connectivity index (χ1n) is 6.00. The molecule has 3 nitrogen and oxygen atoms in total. The minimum absolute atomic E-state index is 0.305. The summed E-state index contributed by atoms with van der Waals surface area (Å²) in [4.78, 5) is 0. The molecule has 0 N–H and O–H groups in total. The quantitative estimate of drug-likeness (QED) is 0.753. The van der Waals surface area contributed by atoms with Crippen LogP contribution >= 0.6 is 11.6 Å². The average Bonchev–Trinajstić information content (AvgIpc) is 2.78. The number of aromatic nitrogens is 3. The summed E-state index contributed by atoms with van der Waals surface area (Å²) < 4.78 is 2.08. The lowest BCUT2D eigenvalue weighted by molar-refractivity contribution is 0.0833. The second-order valence-corrected chi connectivity index (χ2v) is 6.66. The molecule has 3 rings (SSSR count). The van der Waals surface area contributed by atoms with E-state index in [1.807, 2.05) is 0 Å². The molecule has 1 aromatic rings. The van der Waals surface area contributed by atoms with Crippen molar-refractivity contribution in [2.45, 2.75) is 46.1 Å². The number of halogens is 1. The van der Waals surface area contributed by atoms with E-state index >= 15 is 0 Å². The summed E-state index contributed by atoms with van der Waals surface area (Å²) in [7, 11) is 0. The highest BCUT2D eigenvalue weighted by Gasteiger charge is 2.60. The lowest BCUT2D eigenvalue weighted by atomic mass is 9.68. The van der Waals surface area contributed by atoms with Gasteiger partial charge in [0.1, 0.15) is 6.33 Å². The standard InChI is InChI=1S/C12H18ClN3/c1-11(2)8-4-5-12(3,6-8)9(11)16-7-14-15-10(16)13/h7-9H,4-6H2,1-3H3. The molecule has 1 aromatic heterocycles. The Kier molecular flexibility index (Phi) is 1.99. The molecule has 2 fully saturated rings. The van der Waals surface area contributed by atoms with Gasteiger partial charge in [-0.2, -0.15) is 0 Å². The van der Waals surface area contributed by atoms with Gasteiger partial charge in [0, 0.05) is 6.04 Å². The fraction of sp³-hybridized carbons (Fsp3) is 0.833. The summed E-state index contributed by atoms with van der Waals surface area (Å²) in [5, 5.41) is 8.38. The van der Waals surface area contributed by atoms with E-state index in [0.29, 0.717) is 22.2 Å². The Labute approximate surface area is 101 Å². The maximum atomic E-state index is 6.14. The van der Waals surface area contributed by atoms with Gasteiger partial charge in [-0.05, 0) is 47.6 Å². The van der Waals surface area contributed by atoms with Crippen molar-refractivity contribution in [2.75, 3.05) is 0 Å². The summed E-state index contributed by atoms with van der Waals surface area (Å²) >= 11 is 6.14. The summed E-state index contributed by atoms with van der Waals surface area (Å²) in [5.41, 5.74) is 0.680. The number of fused-ring (bicyclic) bond motifs is 2. The van der Waals surface area contributed by atoms with Crippen LogP contribution in [0.5, 0.6) is 0 Å². The topological polar surface area (TPSA) is 30.7 Å². The van der Waals surface area contributed by atoms with Crippen LogP contribution in [0.1, 0.15) is 46.1 Å². The summed E-state index contributed by atoms with van der Waals surface area (Å²) in [6.45, 7) is 7.12. The van der Waals surface area contributed by atoms with Gasteiger partial charge in [0.05, 0.1) is 0 Å². The van der Waals surface area contributed by atoms with Crippen LogP contribution in [0.25, 0.3) is 0 Å². The minimum Gasteiger partial charge on any atom is -0.300 e. The largest absolute Gasteiger partial charge is 0.300 e. The fourth-order valence-corrected chi connectivity index (χ4v) is 4.56. The van der Waals surface area contributed by atoms with Crippen molar-refractivity contribution < 1.29 is 0 Å². The van der Waals surface area contributed by atoms with E-state index in [1.165, 1.54) is 19.3 Å². The smallest absolute Gasteiger partial charge is 0.225 e. The van der Waals surface area contributed by atoms with E-state index < -0.39 is 0 Å². The highest BCUT2D eigenvalue weighted by molar-refractivity contribution is 6.28. The van der Waals surface area contributed by atoms with Gasteiger partial charge in [0.25, 0.3) is 0 Å². The first kappa shape index (κ1) is 10.6. The molecule has 0 amide bonds. The Morgan fingerprint density at radius 2 is 2.19 bits per heavy atom. The fourth-order valence-electron chi connectivity index (χ4n) is 4.37. The van der Waals surface area contributed by atoms with Crippen LogP contribution in [-0.4, -0.2) is 14.8 Å². The molecule has 0 spiro atoms. The highest BCUT2D eigenvalue weighted by Crippen LogP contribution is 2.68. The summed E-state index contributed by atoms with van der Waals surface area (Å²) in [5.74, 6) is 0.820. The number of nitrogens with zero attached hydrogens (tertiary/aromatic N) is 3. The zero-order valence-electron chi connectivity index (χ0n) is 10.1. The molecule has 0 aliphatic heterocycles. The highest BCUT2D eigenvalue weighted by atomic mass is 35.5. The molecule has 0 radical (unpaired) electrons. The van der Waals surface area contributed by atoms with Gasteiger partial charge in [0.2, 0.25) is 5.28 Å².